The summed E-state index contributed by atoms with van der Waals surface area (Å²) < 4.78 is 35.6. The molecule has 2 nitrogen and oxygen atoms in total. The van der Waals surface area contributed by atoms with E-state index in [0.717, 1.165) is 6.20 Å². The van der Waals surface area contributed by atoms with Gasteiger partial charge in [-0.2, -0.15) is 13.2 Å². The van der Waals surface area contributed by atoms with Crippen molar-refractivity contribution in [2.45, 2.75) is 40.8 Å². The Morgan fingerprint density at radius 1 is 1.18 bits per heavy atom. The van der Waals surface area contributed by atoms with Crippen LogP contribution in [0.2, 0.25) is 0 Å². The zero-order valence-corrected chi connectivity index (χ0v) is 11.1. The van der Waals surface area contributed by atoms with Crippen LogP contribution in [0.15, 0.2) is 34.4 Å². The molecule has 0 amide bonds. The second-order valence-electron chi connectivity index (χ2n) is 2.72. The minimum absolute atomic E-state index is 0.667. The molecule has 0 atom stereocenters. The van der Waals surface area contributed by atoms with Gasteiger partial charge in [-0.15, -0.1) is 6.58 Å². The Morgan fingerprint density at radius 2 is 1.53 bits per heavy atom. The lowest BCUT2D eigenvalue weighted by Gasteiger charge is -2.02. The van der Waals surface area contributed by atoms with Crippen molar-refractivity contribution in [1.29, 1.82) is 0 Å². The molecule has 0 aliphatic rings. The smallest absolute Gasteiger partial charge is 0.241 e. The van der Waals surface area contributed by atoms with Crippen LogP contribution < -0.4 is 0 Å². The maximum absolute atomic E-state index is 11.9. The second kappa shape index (κ2) is 12.7. The van der Waals surface area contributed by atoms with E-state index in [4.69, 9.17) is 0 Å². The third-order valence-electron chi connectivity index (χ3n) is 0.848. The highest BCUT2D eigenvalue weighted by molar-refractivity contribution is 5.91. The molecule has 100 valence electrons. The van der Waals surface area contributed by atoms with Crippen molar-refractivity contribution in [2.24, 2.45) is 9.98 Å². The van der Waals surface area contributed by atoms with Crippen molar-refractivity contribution in [1.82, 2.24) is 0 Å². The summed E-state index contributed by atoms with van der Waals surface area (Å²) in [6.45, 7) is 15.3. The topological polar surface area (TPSA) is 24.7 Å². The molecule has 5 heteroatoms. The van der Waals surface area contributed by atoms with Crippen LogP contribution >= 0.6 is 0 Å². The Bertz CT molecular complexity index is 259. The van der Waals surface area contributed by atoms with Crippen molar-refractivity contribution >= 4 is 12.6 Å². The molecule has 0 aromatic heterocycles. The van der Waals surface area contributed by atoms with Gasteiger partial charge >= 0.3 is 6.18 Å². The maximum Gasteiger partial charge on any atom is 0.451 e. The summed E-state index contributed by atoms with van der Waals surface area (Å²) in [5.41, 5.74) is 0.667. The fourth-order valence-electron chi connectivity index (χ4n) is 0.394. The van der Waals surface area contributed by atoms with Gasteiger partial charge in [0.25, 0.3) is 0 Å². The molecule has 0 saturated heterocycles. The Hall–Kier alpha value is -1.39. The van der Waals surface area contributed by atoms with E-state index in [1.54, 1.807) is 19.9 Å². The molecule has 0 N–H and O–H groups in total. The number of halogens is 3. The Labute approximate surface area is 102 Å². The van der Waals surface area contributed by atoms with Crippen LogP contribution in [0.5, 0.6) is 0 Å². The van der Waals surface area contributed by atoms with Gasteiger partial charge in [0, 0.05) is 6.20 Å². The molecular formula is C12H21F3N2. The summed E-state index contributed by atoms with van der Waals surface area (Å²) in [5.74, 6) is -1.22. The number of amidine groups is 1. The molecule has 0 radical (unpaired) electrons. The fraction of sp³-hybridized carbons (Fsp3) is 0.500. The number of aliphatic imine (C=N–C) groups is 2. The van der Waals surface area contributed by atoms with Crippen molar-refractivity contribution in [3.63, 3.8) is 0 Å². The predicted molar refractivity (Wildman–Crippen MR) is 69.7 cm³/mol. The molecule has 0 saturated carbocycles. The summed E-state index contributed by atoms with van der Waals surface area (Å²) in [4.78, 5) is 5.88. The van der Waals surface area contributed by atoms with Crippen molar-refractivity contribution < 1.29 is 13.2 Å². The second-order valence-corrected chi connectivity index (χ2v) is 2.72. The van der Waals surface area contributed by atoms with Gasteiger partial charge in [0.1, 0.15) is 0 Å². The summed E-state index contributed by atoms with van der Waals surface area (Å²) in [6, 6.07) is 0. The van der Waals surface area contributed by atoms with E-state index < -0.39 is 12.0 Å². The van der Waals surface area contributed by atoms with Crippen molar-refractivity contribution in [3.05, 3.63) is 24.4 Å². The highest BCUT2D eigenvalue weighted by Crippen LogP contribution is 2.18. The predicted octanol–water partition coefficient (Wildman–Crippen LogP) is 4.79. The van der Waals surface area contributed by atoms with Crippen LogP contribution in [0, 0.1) is 0 Å². The molecule has 0 bridgehead atoms. The number of allylic oxidation sites excluding steroid dienone is 2. The lowest BCUT2D eigenvalue weighted by molar-refractivity contribution is -0.0596. The third kappa shape index (κ3) is 17.2. The highest BCUT2D eigenvalue weighted by Gasteiger charge is 2.34. The van der Waals surface area contributed by atoms with E-state index in [0.29, 0.717) is 5.57 Å². The van der Waals surface area contributed by atoms with Gasteiger partial charge in [-0.3, -0.25) is 0 Å². The minimum atomic E-state index is -4.52. The number of rotatable bonds is 1. The van der Waals surface area contributed by atoms with E-state index in [2.05, 4.69) is 23.3 Å². The maximum atomic E-state index is 11.9. The van der Waals surface area contributed by atoms with Gasteiger partial charge < -0.3 is 0 Å². The van der Waals surface area contributed by atoms with E-state index >= 15 is 0 Å². The van der Waals surface area contributed by atoms with Crippen LogP contribution in [0.1, 0.15) is 34.6 Å². The third-order valence-corrected chi connectivity index (χ3v) is 0.848. The number of nitrogens with zero attached hydrogens (tertiary/aromatic N) is 2. The van der Waals surface area contributed by atoms with E-state index in [1.165, 1.54) is 0 Å². The first-order valence-corrected chi connectivity index (χ1v) is 5.11. The summed E-state index contributed by atoms with van der Waals surface area (Å²) >= 11 is 0. The van der Waals surface area contributed by atoms with Crippen LogP contribution in [-0.2, 0) is 0 Å². The van der Waals surface area contributed by atoms with Crippen LogP contribution in [-0.4, -0.2) is 18.7 Å². The highest BCUT2D eigenvalue weighted by atomic mass is 19.4. The van der Waals surface area contributed by atoms with Gasteiger partial charge in [-0.05, 0) is 27.5 Å². The molecule has 0 unspecified atom stereocenters. The SMILES string of the molecule is C=CC.C=NC(=NC=C(C)C)C(F)(F)F.CC. The standard InChI is InChI=1S/C7H9F3N2.C3H6.C2H6/c1-5(2)4-12-6(11-3)7(8,9)10;1-3-2;1-2/h4H,3H2,1-2H3;3H,1H2,2H3;1-2H3. The van der Waals surface area contributed by atoms with Crippen molar-refractivity contribution in [3.8, 4) is 0 Å². The Morgan fingerprint density at radius 3 is 1.71 bits per heavy atom. The van der Waals surface area contributed by atoms with Gasteiger partial charge in [-0.25, -0.2) is 9.98 Å². The number of hydrogen-bond acceptors (Lipinski definition) is 1. The first-order valence-electron chi connectivity index (χ1n) is 5.11. The van der Waals surface area contributed by atoms with Gasteiger partial charge in [-0.1, -0.05) is 25.5 Å². The molecule has 0 heterocycles. The van der Waals surface area contributed by atoms with E-state index in [-0.39, 0.29) is 0 Å². The van der Waals surface area contributed by atoms with E-state index in [1.807, 2.05) is 20.8 Å². The first kappa shape index (κ1) is 21.0. The molecule has 0 aliphatic carbocycles. The molecular weight excluding hydrogens is 229 g/mol. The molecule has 0 aliphatic heterocycles. The van der Waals surface area contributed by atoms with Crippen molar-refractivity contribution in [2.75, 3.05) is 0 Å². The van der Waals surface area contributed by atoms with E-state index in [9.17, 15) is 13.2 Å². The molecule has 0 aromatic carbocycles. The largest absolute Gasteiger partial charge is 0.451 e. The zero-order chi connectivity index (χ0) is 14.5. The Balaban J connectivity index is -0.000000337. The molecule has 0 rings (SSSR count). The molecule has 0 spiro atoms. The van der Waals surface area contributed by atoms with Gasteiger partial charge in [0.05, 0.1) is 0 Å². The molecule has 0 fully saturated rings. The molecule has 0 aromatic rings. The van der Waals surface area contributed by atoms with Gasteiger partial charge in [0.2, 0.25) is 5.84 Å². The normalized spacial score (nSPS) is 10.0. The molecule has 17 heavy (non-hydrogen) atoms. The summed E-state index contributed by atoms with van der Waals surface area (Å²) in [6.07, 6.45) is -1.68. The van der Waals surface area contributed by atoms with Crippen LogP contribution in [0.4, 0.5) is 13.2 Å². The summed E-state index contributed by atoms with van der Waals surface area (Å²) in [5, 5.41) is 0. The summed E-state index contributed by atoms with van der Waals surface area (Å²) in [7, 11) is 0. The quantitative estimate of drug-likeness (QED) is 0.363. The number of alkyl halides is 3. The van der Waals surface area contributed by atoms with Gasteiger partial charge in [0.15, 0.2) is 0 Å². The van der Waals surface area contributed by atoms with Crippen LogP contribution in [0.3, 0.4) is 0 Å². The lowest BCUT2D eigenvalue weighted by Crippen LogP contribution is -2.20. The minimum Gasteiger partial charge on any atom is -0.241 e. The average Bonchev–Trinajstić information content (AvgIpc) is 2.20. The lowest BCUT2D eigenvalue weighted by atomic mass is 10.4. The average molecular weight is 250 g/mol. The zero-order valence-electron chi connectivity index (χ0n) is 11.1. The van der Waals surface area contributed by atoms with Crippen LogP contribution in [0.25, 0.3) is 0 Å². The first-order chi connectivity index (χ1) is 7.79. The number of hydrogen-bond donors (Lipinski definition) is 0. The monoisotopic (exact) mass is 250 g/mol. The Kier molecular flexibility index (Phi) is 15.6. The fourth-order valence-corrected chi connectivity index (χ4v) is 0.394.